The Morgan fingerprint density at radius 1 is 1.33 bits per heavy atom. The van der Waals surface area contributed by atoms with Gasteiger partial charge in [-0.3, -0.25) is 9.78 Å². The molecule has 0 saturated heterocycles. The average molecular weight is 446 g/mol. The van der Waals surface area contributed by atoms with E-state index in [1.54, 1.807) is 0 Å². The van der Waals surface area contributed by atoms with Gasteiger partial charge in [0.1, 0.15) is 5.69 Å². The van der Waals surface area contributed by atoms with Crippen molar-refractivity contribution in [1.82, 2.24) is 10.3 Å². The Kier molecular flexibility index (Phi) is 6.96. The lowest BCUT2D eigenvalue weighted by Gasteiger charge is -2.20. The first-order chi connectivity index (χ1) is 12.6. The highest BCUT2D eigenvalue weighted by Crippen LogP contribution is 2.30. The fourth-order valence-electron chi connectivity index (χ4n) is 2.64. The third kappa shape index (κ3) is 5.75. The third-order valence-corrected chi connectivity index (χ3v) is 4.62. The summed E-state index contributed by atoms with van der Waals surface area (Å²) in [4.78, 5) is 20.5. The number of hydrogen-bond donors (Lipinski definition) is 2. The van der Waals surface area contributed by atoms with E-state index in [1.165, 1.54) is 0 Å². The maximum Gasteiger partial charge on any atom is 0.433 e. The zero-order chi connectivity index (χ0) is 20.2. The van der Waals surface area contributed by atoms with Crippen molar-refractivity contribution in [3.8, 4) is 0 Å². The summed E-state index contributed by atoms with van der Waals surface area (Å²) in [6.45, 7) is 3.92. The van der Waals surface area contributed by atoms with E-state index in [-0.39, 0.29) is 16.6 Å². The van der Waals surface area contributed by atoms with E-state index < -0.39 is 23.8 Å². The number of nitrogens with two attached hydrogens (primary N) is 1. The molecular weight excluding hydrogens is 427 g/mol. The topological polar surface area (TPSA) is 77.2 Å². The molecule has 0 saturated carbocycles. The second kappa shape index (κ2) is 8.81. The van der Waals surface area contributed by atoms with Crippen LogP contribution in [0, 0.1) is 13.8 Å². The standard InChI is InChI=1S/C18H19BrF3N3O2/c1-10-3-4-12(11(2)5-10)6-13(9-27-23)25-17(26)14-7-16(18(20,21)22)24-8-15(14)19/h3-5,7-8,13H,6,9,23H2,1-2H3,(H,25,26)/t13-/m1/s1. The zero-order valence-corrected chi connectivity index (χ0v) is 16.3. The van der Waals surface area contributed by atoms with Gasteiger partial charge in [-0.2, -0.15) is 13.2 Å². The Bertz CT molecular complexity index is 828. The Morgan fingerprint density at radius 2 is 2.04 bits per heavy atom. The second-order valence-corrected chi connectivity index (χ2v) is 7.04. The van der Waals surface area contributed by atoms with Crippen molar-refractivity contribution < 1.29 is 22.8 Å². The monoisotopic (exact) mass is 445 g/mol. The number of amides is 1. The molecule has 1 heterocycles. The Labute approximate surface area is 163 Å². The molecule has 0 spiro atoms. The Balaban J connectivity index is 2.22. The molecule has 0 fully saturated rings. The molecule has 1 atom stereocenters. The van der Waals surface area contributed by atoms with Gasteiger partial charge >= 0.3 is 6.18 Å². The van der Waals surface area contributed by atoms with E-state index in [9.17, 15) is 18.0 Å². The van der Waals surface area contributed by atoms with Gasteiger partial charge in [-0.15, -0.1) is 0 Å². The summed E-state index contributed by atoms with van der Waals surface area (Å²) in [7, 11) is 0. The maximum atomic E-state index is 12.9. The van der Waals surface area contributed by atoms with Crippen LogP contribution in [-0.2, 0) is 17.4 Å². The van der Waals surface area contributed by atoms with Crippen molar-refractivity contribution in [2.24, 2.45) is 5.90 Å². The predicted molar refractivity (Wildman–Crippen MR) is 98.0 cm³/mol. The van der Waals surface area contributed by atoms with E-state index in [4.69, 9.17) is 5.90 Å². The SMILES string of the molecule is Cc1ccc(C[C@H](CON)NC(=O)c2cc(C(F)(F)F)ncc2Br)c(C)c1. The first-order valence-corrected chi connectivity index (χ1v) is 8.82. The number of carbonyl (C=O) groups is 1. The van der Waals surface area contributed by atoms with Crippen molar-refractivity contribution in [1.29, 1.82) is 0 Å². The number of pyridine rings is 1. The lowest BCUT2D eigenvalue weighted by molar-refractivity contribution is -0.141. The number of alkyl halides is 3. The third-order valence-electron chi connectivity index (χ3n) is 3.99. The van der Waals surface area contributed by atoms with Crippen molar-refractivity contribution in [2.45, 2.75) is 32.5 Å². The average Bonchev–Trinajstić information content (AvgIpc) is 2.56. The van der Waals surface area contributed by atoms with Crippen molar-refractivity contribution in [2.75, 3.05) is 6.61 Å². The zero-order valence-electron chi connectivity index (χ0n) is 14.7. The van der Waals surface area contributed by atoms with Crippen LogP contribution in [0.15, 0.2) is 34.9 Å². The largest absolute Gasteiger partial charge is 0.433 e. The molecule has 1 amide bonds. The lowest BCUT2D eigenvalue weighted by Crippen LogP contribution is -2.41. The summed E-state index contributed by atoms with van der Waals surface area (Å²) >= 11 is 3.07. The first kappa shape index (κ1) is 21.3. The minimum absolute atomic E-state index is 0.00782. The van der Waals surface area contributed by atoms with Crippen molar-refractivity contribution in [3.05, 3.63) is 62.9 Å². The molecular formula is C18H19BrF3N3O2. The van der Waals surface area contributed by atoms with Crippen LogP contribution in [0.3, 0.4) is 0 Å². The van der Waals surface area contributed by atoms with Crippen LogP contribution >= 0.6 is 15.9 Å². The van der Waals surface area contributed by atoms with Crippen LogP contribution in [0.4, 0.5) is 13.2 Å². The fraction of sp³-hybridized carbons (Fsp3) is 0.333. The lowest BCUT2D eigenvalue weighted by atomic mass is 9.99. The van der Waals surface area contributed by atoms with Crippen LogP contribution in [0.25, 0.3) is 0 Å². The number of halogens is 4. The van der Waals surface area contributed by atoms with Gasteiger partial charge in [0.15, 0.2) is 0 Å². The number of aromatic nitrogens is 1. The van der Waals surface area contributed by atoms with Gasteiger partial charge in [0.25, 0.3) is 5.91 Å². The van der Waals surface area contributed by atoms with E-state index in [0.717, 1.165) is 22.9 Å². The number of carbonyl (C=O) groups excluding carboxylic acids is 1. The maximum absolute atomic E-state index is 12.9. The quantitative estimate of drug-likeness (QED) is 0.664. The minimum atomic E-state index is -4.64. The van der Waals surface area contributed by atoms with Crippen LogP contribution in [0.2, 0.25) is 0 Å². The van der Waals surface area contributed by atoms with Crippen molar-refractivity contribution in [3.63, 3.8) is 0 Å². The van der Waals surface area contributed by atoms with Gasteiger partial charge in [-0.05, 0) is 53.4 Å². The molecule has 2 aromatic rings. The highest BCUT2D eigenvalue weighted by Gasteiger charge is 2.33. The predicted octanol–water partition coefficient (Wildman–Crippen LogP) is 3.71. The molecule has 27 heavy (non-hydrogen) atoms. The molecule has 0 bridgehead atoms. The molecule has 1 aromatic heterocycles. The van der Waals surface area contributed by atoms with Crippen molar-refractivity contribution >= 4 is 21.8 Å². The number of rotatable bonds is 6. The van der Waals surface area contributed by atoms with Gasteiger partial charge in [0.05, 0.1) is 18.2 Å². The molecule has 2 rings (SSSR count). The molecule has 1 aromatic carbocycles. The van der Waals surface area contributed by atoms with Gasteiger partial charge in [-0.25, -0.2) is 5.90 Å². The van der Waals surface area contributed by atoms with E-state index in [1.807, 2.05) is 32.0 Å². The van der Waals surface area contributed by atoms with Crippen LogP contribution in [0.5, 0.6) is 0 Å². The van der Waals surface area contributed by atoms with E-state index >= 15 is 0 Å². The van der Waals surface area contributed by atoms with Gasteiger partial charge in [0.2, 0.25) is 0 Å². The molecule has 9 heteroatoms. The molecule has 0 radical (unpaired) electrons. The molecule has 146 valence electrons. The number of hydrogen-bond acceptors (Lipinski definition) is 4. The summed E-state index contributed by atoms with van der Waals surface area (Å²) in [5.74, 6) is 4.47. The molecule has 0 aliphatic heterocycles. The Morgan fingerprint density at radius 3 is 2.63 bits per heavy atom. The summed E-state index contributed by atoms with van der Waals surface area (Å²) in [6.07, 6.45) is -3.27. The second-order valence-electron chi connectivity index (χ2n) is 6.18. The first-order valence-electron chi connectivity index (χ1n) is 8.03. The Hall–Kier alpha value is -1.97. The van der Waals surface area contributed by atoms with Gasteiger partial charge in [0, 0.05) is 10.7 Å². The van der Waals surface area contributed by atoms with Crippen LogP contribution in [-0.4, -0.2) is 23.5 Å². The molecule has 0 aliphatic carbocycles. The highest BCUT2D eigenvalue weighted by atomic mass is 79.9. The minimum Gasteiger partial charge on any atom is -0.347 e. The smallest absolute Gasteiger partial charge is 0.347 e. The molecule has 5 nitrogen and oxygen atoms in total. The summed E-state index contributed by atoms with van der Waals surface area (Å²) < 4.78 is 38.8. The highest BCUT2D eigenvalue weighted by molar-refractivity contribution is 9.10. The molecule has 3 N–H and O–H groups in total. The van der Waals surface area contributed by atoms with Gasteiger partial charge in [-0.1, -0.05) is 23.8 Å². The van der Waals surface area contributed by atoms with Crippen LogP contribution < -0.4 is 11.2 Å². The molecule has 0 unspecified atom stereocenters. The van der Waals surface area contributed by atoms with E-state index in [0.29, 0.717) is 12.5 Å². The number of nitrogens with one attached hydrogen (secondary N) is 1. The number of nitrogens with zero attached hydrogens (tertiary/aromatic N) is 1. The van der Waals surface area contributed by atoms with Crippen LogP contribution in [0.1, 0.15) is 32.7 Å². The number of benzene rings is 1. The summed E-state index contributed by atoms with van der Waals surface area (Å²) in [6, 6.07) is 6.08. The summed E-state index contributed by atoms with van der Waals surface area (Å²) in [5.41, 5.74) is 1.81. The molecule has 0 aliphatic rings. The summed E-state index contributed by atoms with van der Waals surface area (Å²) in [5, 5.41) is 2.67. The number of aryl methyl sites for hydroxylation is 2. The van der Waals surface area contributed by atoms with Gasteiger partial charge < -0.3 is 10.2 Å². The normalized spacial score (nSPS) is 12.7. The van der Waals surface area contributed by atoms with E-state index in [2.05, 4.69) is 31.1 Å². The fourth-order valence-corrected chi connectivity index (χ4v) is 3.04.